The summed E-state index contributed by atoms with van der Waals surface area (Å²) in [5.74, 6) is 1.85. The van der Waals surface area contributed by atoms with Crippen LogP contribution in [-0.2, 0) is 4.79 Å². The van der Waals surface area contributed by atoms with Crippen molar-refractivity contribution >= 4 is 35.8 Å². The first-order chi connectivity index (χ1) is 10.1. The van der Waals surface area contributed by atoms with Gasteiger partial charge in [0.15, 0.2) is 0 Å². The van der Waals surface area contributed by atoms with Crippen LogP contribution >= 0.6 is 24.2 Å². The van der Waals surface area contributed by atoms with Crippen molar-refractivity contribution in [2.24, 2.45) is 0 Å². The molecular weight excluding hydrogens is 306 g/mol. The molecule has 0 aliphatic rings. The standard InChI is InChI=1S/C16H16ClNO2S/c1-11-2-5-13(18-16(19)8-9-21)10-15(11)20-14-6-3-12(17)4-7-14/h2-7,10,21H,8-9H2,1H3,(H,18,19). The zero-order valence-electron chi connectivity index (χ0n) is 11.6. The molecule has 0 fully saturated rings. The number of carbonyl (C=O) groups is 1. The van der Waals surface area contributed by atoms with Gasteiger partial charge in [-0.25, -0.2) is 0 Å². The van der Waals surface area contributed by atoms with Crippen LogP contribution in [0.5, 0.6) is 11.5 Å². The number of ether oxygens (including phenoxy) is 1. The van der Waals surface area contributed by atoms with Gasteiger partial charge in [-0.2, -0.15) is 12.6 Å². The van der Waals surface area contributed by atoms with E-state index >= 15 is 0 Å². The van der Waals surface area contributed by atoms with Gasteiger partial charge in [-0.05, 0) is 48.6 Å². The van der Waals surface area contributed by atoms with Crippen LogP contribution in [0.15, 0.2) is 42.5 Å². The zero-order chi connectivity index (χ0) is 15.2. The molecule has 5 heteroatoms. The van der Waals surface area contributed by atoms with E-state index in [9.17, 15) is 4.79 Å². The maximum absolute atomic E-state index is 11.6. The van der Waals surface area contributed by atoms with E-state index in [4.69, 9.17) is 16.3 Å². The molecule has 0 spiro atoms. The Morgan fingerprint density at radius 1 is 1.24 bits per heavy atom. The number of amides is 1. The molecule has 0 aliphatic heterocycles. The summed E-state index contributed by atoms with van der Waals surface area (Å²) in [6, 6.07) is 12.7. The van der Waals surface area contributed by atoms with Crippen LogP contribution in [0.2, 0.25) is 5.02 Å². The van der Waals surface area contributed by atoms with E-state index < -0.39 is 0 Å². The lowest BCUT2D eigenvalue weighted by molar-refractivity contribution is -0.115. The summed E-state index contributed by atoms with van der Waals surface area (Å²) < 4.78 is 5.82. The number of anilines is 1. The molecule has 2 aromatic rings. The van der Waals surface area contributed by atoms with E-state index in [0.29, 0.717) is 34.4 Å². The minimum Gasteiger partial charge on any atom is -0.457 e. The quantitative estimate of drug-likeness (QED) is 0.783. The molecule has 0 unspecified atom stereocenters. The maximum atomic E-state index is 11.6. The molecule has 0 heterocycles. The van der Waals surface area contributed by atoms with Crippen LogP contribution in [0.1, 0.15) is 12.0 Å². The summed E-state index contributed by atoms with van der Waals surface area (Å²) in [4.78, 5) is 11.6. The third-order valence-corrected chi connectivity index (χ3v) is 3.33. The van der Waals surface area contributed by atoms with E-state index in [1.165, 1.54) is 0 Å². The normalized spacial score (nSPS) is 10.2. The third kappa shape index (κ3) is 4.69. The van der Waals surface area contributed by atoms with Gasteiger partial charge in [-0.3, -0.25) is 4.79 Å². The highest BCUT2D eigenvalue weighted by Crippen LogP contribution is 2.28. The van der Waals surface area contributed by atoms with Crippen LogP contribution < -0.4 is 10.1 Å². The Hall–Kier alpha value is -1.65. The molecule has 0 saturated heterocycles. The van der Waals surface area contributed by atoms with Gasteiger partial charge in [0.25, 0.3) is 0 Å². The Labute approximate surface area is 134 Å². The van der Waals surface area contributed by atoms with Crippen LogP contribution in [-0.4, -0.2) is 11.7 Å². The Morgan fingerprint density at radius 3 is 2.62 bits per heavy atom. The van der Waals surface area contributed by atoms with E-state index in [1.54, 1.807) is 30.3 Å². The molecule has 3 nitrogen and oxygen atoms in total. The highest BCUT2D eigenvalue weighted by Gasteiger charge is 2.06. The Bertz CT molecular complexity index is 629. The Kier molecular flexibility index (Phi) is 5.53. The van der Waals surface area contributed by atoms with Crippen molar-refractivity contribution in [1.29, 1.82) is 0 Å². The van der Waals surface area contributed by atoms with Crippen molar-refractivity contribution in [2.45, 2.75) is 13.3 Å². The monoisotopic (exact) mass is 321 g/mol. The Balaban J connectivity index is 2.15. The van der Waals surface area contributed by atoms with E-state index in [2.05, 4.69) is 17.9 Å². The van der Waals surface area contributed by atoms with Gasteiger partial charge in [0.1, 0.15) is 11.5 Å². The molecule has 0 aliphatic carbocycles. The number of carbonyl (C=O) groups excluding carboxylic acids is 1. The second-order valence-electron chi connectivity index (χ2n) is 4.56. The van der Waals surface area contributed by atoms with Crippen LogP contribution in [0.4, 0.5) is 5.69 Å². The number of benzene rings is 2. The van der Waals surface area contributed by atoms with Gasteiger partial charge in [-0.1, -0.05) is 17.7 Å². The van der Waals surface area contributed by atoms with Gasteiger partial charge in [0.05, 0.1) is 0 Å². The third-order valence-electron chi connectivity index (χ3n) is 2.85. The second kappa shape index (κ2) is 7.38. The van der Waals surface area contributed by atoms with Crippen molar-refractivity contribution in [2.75, 3.05) is 11.1 Å². The average molecular weight is 322 g/mol. The topological polar surface area (TPSA) is 38.3 Å². The first-order valence-electron chi connectivity index (χ1n) is 6.53. The van der Waals surface area contributed by atoms with Gasteiger partial charge in [0.2, 0.25) is 5.91 Å². The molecule has 2 rings (SSSR count). The summed E-state index contributed by atoms with van der Waals surface area (Å²) >= 11 is 9.89. The highest BCUT2D eigenvalue weighted by atomic mass is 35.5. The van der Waals surface area contributed by atoms with Crippen molar-refractivity contribution in [3.63, 3.8) is 0 Å². The lowest BCUT2D eigenvalue weighted by Gasteiger charge is -2.11. The predicted molar refractivity (Wildman–Crippen MR) is 89.8 cm³/mol. The van der Waals surface area contributed by atoms with Gasteiger partial charge in [-0.15, -0.1) is 0 Å². The van der Waals surface area contributed by atoms with E-state index in [-0.39, 0.29) is 5.91 Å². The number of halogens is 1. The lowest BCUT2D eigenvalue weighted by atomic mass is 10.2. The minimum absolute atomic E-state index is 0.0636. The van der Waals surface area contributed by atoms with E-state index in [1.807, 2.05) is 19.1 Å². The fourth-order valence-electron chi connectivity index (χ4n) is 1.74. The predicted octanol–water partition coefficient (Wildman–Crippen LogP) is 4.70. The van der Waals surface area contributed by atoms with Crippen LogP contribution in [0.25, 0.3) is 0 Å². The first-order valence-corrected chi connectivity index (χ1v) is 7.54. The minimum atomic E-state index is -0.0636. The summed E-state index contributed by atoms with van der Waals surface area (Å²) in [5.41, 5.74) is 1.69. The molecule has 0 saturated carbocycles. The fraction of sp³-hybridized carbons (Fsp3) is 0.188. The summed E-state index contributed by atoms with van der Waals surface area (Å²) in [6.07, 6.45) is 0.379. The number of rotatable bonds is 5. The van der Waals surface area contributed by atoms with Crippen LogP contribution in [0, 0.1) is 6.92 Å². The molecule has 0 aromatic heterocycles. The van der Waals surface area contributed by atoms with Crippen LogP contribution in [0.3, 0.4) is 0 Å². The van der Waals surface area contributed by atoms with Gasteiger partial charge >= 0.3 is 0 Å². The summed E-state index contributed by atoms with van der Waals surface area (Å²) in [7, 11) is 0. The van der Waals surface area contributed by atoms with Crippen molar-refractivity contribution in [3.05, 3.63) is 53.1 Å². The first kappa shape index (κ1) is 15.7. The SMILES string of the molecule is Cc1ccc(NC(=O)CCS)cc1Oc1ccc(Cl)cc1. The molecule has 0 atom stereocenters. The molecule has 21 heavy (non-hydrogen) atoms. The number of hydrogen-bond acceptors (Lipinski definition) is 3. The molecule has 1 amide bonds. The molecule has 110 valence electrons. The number of aryl methyl sites for hydroxylation is 1. The van der Waals surface area contributed by atoms with Gasteiger partial charge < -0.3 is 10.1 Å². The molecule has 0 radical (unpaired) electrons. The van der Waals surface area contributed by atoms with Crippen molar-refractivity contribution in [1.82, 2.24) is 0 Å². The largest absolute Gasteiger partial charge is 0.457 e. The smallest absolute Gasteiger partial charge is 0.225 e. The number of nitrogens with one attached hydrogen (secondary N) is 1. The van der Waals surface area contributed by atoms with Crippen molar-refractivity contribution < 1.29 is 9.53 Å². The molecule has 0 bridgehead atoms. The van der Waals surface area contributed by atoms with Crippen molar-refractivity contribution in [3.8, 4) is 11.5 Å². The second-order valence-corrected chi connectivity index (χ2v) is 5.44. The molecular formula is C16H16ClNO2S. The zero-order valence-corrected chi connectivity index (χ0v) is 13.2. The maximum Gasteiger partial charge on any atom is 0.225 e. The van der Waals surface area contributed by atoms with Gasteiger partial charge in [0, 0.05) is 23.2 Å². The lowest BCUT2D eigenvalue weighted by Crippen LogP contribution is -2.11. The highest BCUT2D eigenvalue weighted by molar-refractivity contribution is 7.80. The molecule has 1 N–H and O–H groups in total. The summed E-state index contributed by atoms with van der Waals surface area (Å²) in [6.45, 7) is 1.95. The number of thiol groups is 1. The van der Waals surface area contributed by atoms with E-state index in [0.717, 1.165) is 5.56 Å². The fourth-order valence-corrected chi connectivity index (χ4v) is 2.07. The number of hydrogen-bond donors (Lipinski definition) is 2. The average Bonchev–Trinajstić information content (AvgIpc) is 2.45. The Morgan fingerprint density at radius 2 is 1.95 bits per heavy atom. The summed E-state index contributed by atoms with van der Waals surface area (Å²) in [5, 5.41) is 3.48. The molecule has 2 aromatic carbocycles.